The third kappa shape index (κ3) is 5.23. The van der Waals surface area contributed by atoms with Crippen LogP contribution in [0.15, 0.2) is 48.5 Å². The number of benzene rings is 2. The number of rotatable bonds is 5. The summed E-state index contributed by atoms with van der Waals surface area (Å²) < 4.78 is 5.17. The predicted molar refractivity (Wildman–Crippen MR) is 106 cm³/mol. The van der Waals surface area contributed by atoms with Gasteiger partial charge in [-0.25, -0.2) is 0 Å². The normalized spacial score (nSPS) is 14.7. The highest BCUT2D eigenvalue weighted by atomic mass is 35.5. The molecule has 1 heterocycles. The standard InChI is InChI=1S/C21H23ClN2O3/c1-27-19-4-2-3-18(14-19)23-21(26)16-9-11-24(12-10-16)20(25)13-15-5-7-17(22)8-6-15/h2-8,14,16H,9-13H2,1H3,(H,23,26). The zero-order chi connectivity index (χ0) is 19.2. The molecule has 3 rings (SSSR count). The van der Waals surface area contributed by atoms with E-state index in [0.29, 0.717) is 43.1 Å². The van der Waals surface area contributed by atoms with E-state index in [0.717, 1.165) is 11.3 Å². The lowest BCUT2D eigenvalue weighted by atomic mass is 9.95. The van der Waals surface area contributed by atoms with Crippen LogP contribution >= 0.6 is 11.6 Å². The first kappa shape index (κ1) is 19.2. The zero-order valence-electron chi connectivity index (χ0n) is 15.3. The molecule has 0 aromatic heterocycles. The summed E-state index contributed by atoms with van der Waals surface area (Å²) in [7, 11) is 1.59. The van der Waals surface area contributed by atoms with Gasteiger partial charge in [-0.3, -0.25) is 9.59 Å². The maximum atomic E-state index is 12.5. The highest BCUT2D eigenvalue weighted by molar-refractivity contribution is 6.30. The largest absolute Gasteiger partial charge is 0.497 e. The van der Waals surface area contributed by atoms with E-state index in [1.54, 1.807) is 25.3 Å². The van der Waals surface area contributed by atoms with Gasteiger partial charge in [-0.2, -0.15) is 0 Å². The Labute approximate surface area is 164 Å². The highest BCUT2D eigenvalue weighted by Crippen LogP contribution is 2.22. The van der Waals surface area contributed by atoms with Gasteiger partial charge in [0.15, 0.2) is 0 Å². The summed E-state index contributed by atoms with van der Waals surface area (Å²) in [5.74, 6) is 0.697. The summed E-state index contributed by atoms with van der Waals surface area (Å²) in [6, 6.07) is 14.6. The number of hydrogen-bond acceptors (Lipinski definition) is 3. The number of methoxy groups -OCH3 is 1. The molecule has 1 aliphatic heterocycles. The van der Waals surface area contributed by atoms with Crippen LogP contribution in [0.3, 0.4) is 0 Å². The molecule has 1 N–H and O–H groups in total. The van der Waals surface area contributed by atoms with Crippen LogP contribution in [-0.2, 0) is 16.0 Å². The Bertz CT molecular complexity index is 799. The van der Waals surface area contributed by atoms with E-state index < -0.39 is 0 Å². The smallest absolute Gasteiger partial charge is 0.227 e. The molecule has 1 aliphatic rings. The Morgan fingerprint density at radius 3 is 2.52 bits per heavy atom. The minimum absolute atomic E-state index is 0.00643. The van der Waals surface area contributed by atoms with E-state index >= 15 is 0 Å². The van der Waals surface area contributed by atoms with Crippen LogP contribution < -0.4 is 10.1 Å². The van der Waals surface area contributed by atoms with E-state index in [4.69, 9.17) is 16.3 Å². The van der Waals surface area contributed by atoms with E-state index in [-0.39, 0.29) is 17.7 Å². The Morgan fingerprint density at radius 1 is 1.15 bits per heavy atom. The fourth-order valence-electron chi connectivity index (χ4n) is 3.22. The number of hydrogen-bond donors (Lipinski definition) is 1. The van der Waals surface area contributed by atoms with Crippen molar-refractivity contribution >= 4 is 29.1 Å². The lowest BCUT2D eigenvalue weighted by molar-refractivity contribution is -0.133. The second kappa shape index (κ2) is 8.91. The maximum Gasteiger partial charge on any atom is 0.227 e. The van der Waals surface area contributed by atoms with Gasteiger partial charge in [0.05, 0.1) is 13.5 Å². The molecule has 0 spiro atoms. The molecule has 27 heavy (non-hydrogen) atoms. The molecule has 0 saturated carbocycles. The highest BCUT2D eigenvalue weighted by Gasteiger charge is 2.27. The summed E-state index contributed by atoms with van der Waals surface area (Å²) >= 11 is 5.88. The molecule has 5 nitrogen and oxygen atoms in total. The summed E-state index contributed by atoms with van der Waals surface area (Å²) in [5.41, 5.74) is 1.67. The van der Waals surface area contributed by atoms with Crippen LogP contribution in [-0.4, -0.2) is 36.9 Å². The van der Waals surface area contributed by atoms with Crippen LogP contribution in [0.1, 0.15) is 18.4 Å². The number of nitrogens with zero attached hydrogens (tertiary/aromatic N) is 1. The Balaban J connectivity index is 1.49. The monoisotopic (exact) mass is 386 g/mol. The molecule has 1 fully saturated rings. The average molecular weight is 387 g/mol. The molecule has 6 heteroatoms. The summed E-state index contributed by atoms with van der Waals surface area (Å²) in [6.07, 6.45) is 1.70. The minimum Gasteiger partial charge on any atom is -0.497 e. The molecule has 2 amide bonds. The number of likely N-dealkylation sites (tertiary alicyclic amines) is 1. The SMILES string of the molecule is COc1cccc(NC(=O)C2CCN(C(=O)Cc3ccc(Cl)cc3)CC2)c1. The second-order valence-corrected chi connectivity index (χ2v) is 7.12. The molecule has 2 aromatic carbocycles. The number of amides is 2. The molecule has 0 atom stereocenters. The van der Waals surface area contributed by atoms with Crippen molar-refractivity contribution in [3.8, 4) is 5.75 Å². The first-order valence-corrected chi connectivity index (χ1v) is 9.40. The second-order valence-electron chi connectivity index (χ2n) is 6.68. The third-order valence-electron chi connectivity index (χ3n) is 4.82. The van der Waals surface area contributed by atoms with E-state index in [2.05, 4.69) is 5.32 Å². The van der Waals surface area contributed by atoms with Gasteiger partial charge >= 0.3 is 0 Å². The lowest BCUT2D eigenvalue weighted by Crippen LogP contribution is -2.42. The van der Waals surface area contributed by atoms with Crippen molar-refractivity contribution in [2.45, 2.75) is 19.3 Å². The summed E-state index contributed by atoms with van der Waals surface area (Å²) in [5, 5.41) is 3.60. The molecule has 142 valence electrons. The first-order chi connectivity index (χ1) is 13.0. The van der Waals surface area contributed by atoms with Crippen molar-refractivity contribution in [1.82, 2.24) is 4.90 Å². The fraction of sp³-hybridized carbons (Fsp3) is 0.333. The van der Waals surface area contributed by atoms with Gasteiger partial charge < -0.3 is 15.0 Å². The van der Waals surface area contributed by atoms with Crippen molar-refractivity contribution in [3.63, 3.8) is 0 Å². The molecular formula is C21H23ClN2O3. The Kier molecular flexibility index (Phi) is 6.35. The van der Waals surface area contributed by atoms with Crippen molar-refractivity contribution in [1.29, 1.82) is 0 Å². The number of anilines is 1. The number of nitrogens with one attached hydrogen (secondary N) is 1. The Morgan fingerprint density at radius 2 is 1.85 bits per heavy atom. The van der Waals surface area contributed by atoms with E-state index in [1.807, 2.05) is 35.2 Å². The van der Waals surface area contributed by atoms with Crippen LogP contribution in [0, 0.1) is 5.92 Å². The van der Waals surface area contributed by atoms with Crippen molar-refractivity contribution in [2.24, 2.45) is 5.92 Å². The predicted octanol–water partition coefficient (Wildman–Crippen LogP) is 3.77. The molecule has 0 bridgehead atoms. The molecule has 2 aromatic rings. The van der Waals surface area contributed by atoms with Gasteiger partial charge in [-0.15, -0.1) is 0 Å². The van der Waals surface area contributed by atoms with Gasteiger partial charge in [-0.1, -0.05) is 29.8 Å². The van der Waals surface area contributed by atoms with Gasteiger partial charge in [0.25, 0.3) is 0 Å². The van der Waals surface area contributed by atoms with Crippen molar-refractivity contribution in [3.05, 3.63) is 59.1 Å². The van der Waals surface area contributed by atoms with Crippen LogP contribution in [0.5, 0.6) is 5.75 Å². The van der Waals surface area contributed by atoms with Gasteiger partial charge in [0.2, 0.25) is 11.8 Å². The minimum atomic E-state index is -0.0872. The summed E-state index contributed by atoms with van der Waals surface area (Å²) in [6.45, 7) is 1.20. The van der Waals surface area contributed by atoms with E-state index in [1.165, 1.54) is 0 Å². The number of carbonyl (C=O) groups excluding carboxylic acids is 2. The van der Waals surface area contributed by atoms with Crippen molar-refractivity contribution in [2.75, 3.05) is 25.5 Å². The molecule has 0 aliphatic carbocycles. The van der Waals surface area contributed by atoms with Crippen molar-refractivity contribution < 1.29 is 14.3 Å². The molecule has 0 radical (unpaired) electrons. The number of ether oxygens (including phenoxy) is 1. The average Bonchev–Trinajstić information content (AvgIpc) is 2.70. The van der Waals surface area contributed by atoms with Crippen LogP contribution in [0.25, 0.3) is 0 Å². The molecule has 1 saturated heterocycles. The van der Waals surface area contributed by atoms with Gasteiger partial charge in [0, 0.05) is 35.8 Å². The summed E-state index contributed by atoms with van der Waals surface area (Å²) in [4.78, 5) is 26.8. The maximum absolute atomic E-state index is 12.5. The van der Waals surface area contributed by atoms with E-state index in [9.17, 15) is 9.59 Å². The van der Waals surface area contributed by atoms with Gasteiger partial charge in [-0.05, 0) is 42.7 Å². The number of piperidine rings is 1. The number of carbonyl (C=O) groups is 2. The molecule has 0 unspecified atom stereocenters. The van der Waals surface area contributed by atoms with Gasteiger partial charge in [0.1, 0.15) is 5.75 Å². The Hall–Kier alpha value is -2.53. The zero-order valence-corrected chi connectivity index (χ0v) is 16.0. The van der Waals surface area contributed by atoms with Crippen LogP contribution in [0.4, 0.5) is 5.69 Å². The fourth-order valence-corrected chi connectivity index (χ4v) is 3.35. The third-order valence-corrected chi connectivity index (χ3v) is 5.08. The quantitative estimate of drug-likeness (QED) is 0.850. The topological polar surface area (TPSA) is 58.6 Å². The molecular weight excluding hydrogens is 364 g/mol. The first-order valence-electron chi connectivity index (χ1n) is 9.02. The lowest BCUT2D eigenvalue weighted by Gasteiger charge is -2.31. The number of halogens is 1. The van der Waals surface area contributed by atoms with Crippen LogP contribution in [0.2, 0.25) is 5.02 Å².